The van der Waals surface area contributed by atoms with E-state index in [1.807, 2.05) is 63.2 Å². The summed E-state index contributed by atoms with van der Waals surface area (Å²) in [6.07, 6.45) is 0.569. The highest BCUT2D eigenvalue weighted by Crippen LogP contribution is 2.20. The van der Waals surface area contributed by atoms with E-state index in [2.05, 4.69) is 17.4 Å². The second-order valence-electron chi connectivity index (χ2n) is 6.14. The molecule has 3 N–H and O–H groups in total. The second kappa shape index (κ2) is 6.75. The van der Waals surface area contributed by atoms with Crippen LogP contribution in [-0.2, 0) is 11.2 Å². The minimum atomic E-state index is -0.787. The highest BCUT2D eigenvalue weighted by atomic mass is 16.1. The predicted molar refractivity (Wildman–Crippen MR) is 90.5 cm³/mol. The molecule has 2 unspecified atom stereocenters. The Morgan fingerprint density at radius 1 is 1.14 bits per heavy atom. The van der Waals surface area contributed by atoms with Crippen molar-refractivity contribution in [3.63, 3.8) is 0 Å². The van der Waals surface area contributed by atoms with Crippen LogP contribution in [0.1, 0.15) is 36.6 Å². The number of hydrogen-bond donors (Lipinski definition) is 2. The molecule has 3 heteroatoms. The lowest BCUT2D eigenvalue weighted by Gasteiger charge is -2.31. The van der Waals surface area contributed by atoms with Crippen molar-refractivity contribution >= 4 is 5.91 Å². The van der Waals surface area contributed by atoms with Crippen molar-refractivity contribution in [1.82, 2.24) is 5.32 Å². The van der Waals surface area contributed by atoms with Gasteiger partial charge >= 0.3 is 0 Å². The van der Waals surface area contributed by atoms with Crippen molar-refractivity contribution in [1.29, 1.82) is 0 Å². The van der Waals surface area contributed by atoms with E-state index in [1.54, 1.807) is 0 Å². The molecule has 0 fully saturated rings. The molecule has 22 heavy (non-hydrogen) atoms. The molecule has 0 bridgehead atoms. The van der Waals surface area contributed by atoms with Crippen LogP contribution in [-0.4, -0.2) is 11.4 Å². The van der Waals surface area contributed by atoms with E-state index < -0.39 is 5.54 Å². The highest BCUT2D eigenvalue weighted by Gasteiger charge is 2.32. The smallest absolute Gasteiger partial charge is 0.237 e. The van der Waals surface area contributed by atoms with E-state index in [-0.39, 0.29) is 11.9 Å². The van der Waals surface area contributed by atoms with Crippen LogP contribution >= 0.6 is 0 Å². The molecule has 2 aromatic carbocycles. The molecule has 0 spiro atoms. The first-order chi connectivity index (χ1) is 10.4. The predicted octanol–water partition coefficient (Wildman–Crippen LogP) is 3.13. The zero-order valence-corrected chi connectivity index (χ0v) is 13.5. The van der Waals surface area contributed by atoms with Gasteiger partial charge in [-0.25, -0.2) is 0 Å². The lowest BCUT2D eigenvalue weighted by molar-refractivity contribution is -0.124. The van der Waals surface area contributed by atoms with Crippen molar-refractivity contribution in [2.75, 3.05) is 0 Å². The molecule has 0 saturated carbocycles. The first-order valence-electron chi connectivity index (χ1n) is 7.59. The number of hydrogen-bond acceptors (Lipinski definition) is 2. The number of aryl methyl sites for hydroxylation is 1. The number of amides is 1. The molecule has 0 heterocycles. The standard InChI is InChI=1S/C19H24N2O/c1-14-9-11-16(12-10-14)13-19(3,18(20)22)21-15(2)17-7-5-4-6-8-17/h4-12,15,21H,13H2,1-3H3,(H2,20,22). The van der Waals surface area contributed by atoms with Crippen LogP contribution in [0.4, 0.5) is 0 Å². The summed E-state index contributed by atoms with van der Waals surface area (Å²) in [6.45, 7) is 5.97. The van der Waals surface area contributed by atoms with Crippen LogP contribution in [0.3, 0.4) is 0 Å². The zero-order valence-electron chi connectivity index (χ0n) is 13.5. The quantitative estimate of drug-likeness (QED) is 0.860. The summed E-state index contributed by atoms with van der Waals surface area (Å²) in [5.41, 5.74) is 8.33. The van der Waals surface area contributed by atoms with Crippen molar-refractivity contribution in [2.24, 2.45) is 5.73 Å². The maximum atomic E-state index is 12.0. The Bertz CT molecular complexity index is 622. The second-order valence-corrected chi connectivity index (χ2v) is 6.14. The van der Waals surface area contributed by atoms with Gasteiger partial charge < -0.3 is 5.73 Å². The largest absolute Gasteiger partial charge is 0.368 e. The van der Waals surface area contributed by atoms with Gasteiger partial charge in [-0.1, -0.05) is 60.2 Å². The van der Waals surface area contributed by atoms with E-state index in [1.165, 1.54) is 5.56 Å². The molecule has 0 radical (unpaired) electrons. The third kappa shape index (κ3) is 3.95. The number of nitrogens with two attached hydrogens (primary N) is 1. The number of nitrogens with one attached hydrogen (secondary N) is 1. The van der Waals surface area contributed by atoms with Crippen LogP contribution < -0.4 is 11.1 Å². The number of carbonyl (C=O) groups is 1. The van der Waals surface area contributed by atoms with Crippen molar-refractivity contribution in [3.8, 4) is 0 Å². The average Bonchev–Trinajstić information content (AvgIpc) is 2.50. The third-order valence-corrected chi connectivity index (χ3v) is 4.06. The summed E-state index contributed by atoms with van der Waals surface area (Å²) >= 11 is 0. The fourth-order valence-electron chi connectivity index (χ4n) is 2.63. The summed E-state index contributed by atoms with van der Waals surface area (Å²) in [5, 5.41) is 3.40. The minimum Gasteiger partial charge on any atom is -0.368 e. The molecule has 3 nitrogen and oxygen atoms in total. The third-order valence-electron chi connectivity index (χ3n) is 4.06. The first kappa shape index (κ1) is 16.2. The van der Waals surface area contributed by atoms with Gasteiger partial charge in [-0.05, 0) is 38.3 Å². The van der Waals surface area contributed by atoms with Gasteiger partial charge in [0.25, 0.3) is 0 Å². The molecule has 2 aromatic rings. The molecule has 2 rings (SSSR count). The molecule has 2 atom stereocenters. The lowest BCUT2D eigenvalue weighted by Crippen LogP contribution is -2.55. The molecular weight excluding hydrogens is 272 g/mol. The fourth-order valence-corrected chi connectivity index (χ4v) is 2.63. The number of benzene rings is 2. The highest BCUT2D eigenvalue weighted by molar-refractivity contribution is 5.84. The lowest BCUT2D eigenvalue weighted by atomic mass is 9.90. The molecule has 0 aliphatic rings. The molecule has 116 valence electrons. The van der Waals surface area contributed by atoms with Crippen LogP contribution in [0, 0.1) is 6.92 Å². The van der Waals surface area contributed by atoms with Crippen molar-refractivity contribution in [2.45, 2.75) is 38.8 Å². The summed E-state index contributed by atoms with van der Waals surface area (Å²) < 4.78 is 0. The zero-order chi connectivity index (χ0) is 16.2. The maximum Gasteiger partial charge on any atom is 0.237 e. The summed E-state index contributed by atoms with van der Waals surface area (Å²) in [6, 6.07) is 18.3. The topological polar surface area (TPSA) is 55.1 Å². The van der Waals surface area contributed by atoms with Gasteiger partial charge in [0.1, 0.15) is 0 Å². The van der Waals surface area contributed by atoms with E-state index in [0.717, 1.165) is 11.1 Å². The molecule has 0 aliphatic heterocycles. The van der Waals surface area contributed by atoms with Crippen LogP contribution in [0.5, 0.6) is 0 Å². The average molecular weight is 296 g/mol. The molecule has 1 amide bonds. The van der Waals surface area contributed by atoms with Crippen LogP contribution in [0.25, 0.3) is 0 Å². The van der Waals surface area contributed by atoms with Gasteiger partial charge in [0.05, 0.1) is 5.54 Å². The Hall–Kier alpha value is -2.13. The van der Waals surface area contributed by atoms with Gasteiger partial charge in [-0.15, -0.1) is 0 Å². The Morgan fingerprint density at radius 3 is 2.27 bits per heavy atom. The minimum absolute atomic E-state index is 0.0455. The molecule has 0 aliphatic carbocycles. The normalized spacial score (nSPS) is 15.0. The van der Waals surface area contributed by atoms with Crippen molar-refractivity contribution in [3.05, 3.63) is 71.3 Å². The monoisotopic (exact) mass is 296 g/mol. The summed E-state index contributed by atoms with van der Waals surface area (Å²) in [7, 11) is 0. The van der Waals surface area contributed by atoms with E-state index in [9.17, 15) is 4.79 Å². The van der Waals surface area contributed by atoms with Gasteiger partial charge in [0.2, 0.25) is 5.91 Å². The maximum absolute atomic E-state index is 12.0. The fraction of sp³-hybridized carbons (Fsp3) is 0.316. The van der Waals surface area contributed by atoms with E-state index in [0.29, 0.717) is 6.42 Å². The van der Waals surface area contributed by atoms with Crippen molar-refractivity contribution < 1.29 is 4.79 Å². The Kier molecular flexibility index (Phi) is 4.99. The van der Waals surface area contributed by atoms with Gasteiger partial charge in [0.15, 0.2) is 0 Å². The Labute approximate surface area is 132 Å². The van der Waals surface area contributed by atoms with Crippen LogP contribution in [0.15, 0.2) is 54.6 Å². The van der Waals surface area contributed by atoms with Crippen LogP contribution in [0.2, 0.25) is 0 Å². The van der Waals surface area contributed by atoms with Gasteiger partial charge in [0, 0.05) is 6.04 Å². The molecule has 0 aromatic heterocycles. The van der Waals surface area contributed by atoms with E-state index in [4.69, 9.17) is 5.73 Å². The van der Waals surface area contributed by atoms with Gasteiger partial charge in [-0.2, -0.15) is 0 Å². The Balaban J connectivity index is 2.17. The number of primary amides is 1. The van der Waals surface area contributed by atoms with E-state index >= 15 is 0 Å². The molecular formula is C19H24N2O. The first-order valence-corrected chi connectivity index (χ1v) is 7.59. The van der Waals surface area contributed by atoms with Gasteiger partial charge in [-0.3, -0.25) is 10.1 Å². The Morgan fingerprint density at radius 2 is 1.73 bits per heavy atom. The number of rotatable bonds is 6. The SMILES string of the molecule is Cc1ccc(CC(C)(NC(C)c2ccccc2)C(N)=O)cc1. The summed E-state index contributed by atoms with van der Waals surface area (Å²) in [4.78, 5) is 12.0. The number of carbonyl (C=O) groups excluding carboxylic acids is 1. The summed E-state index contributed by atoms with van der Waals surface area (Å²) in [5.74, 6) is -0.337. The molecule has 0 saturated heterocycles.